The fourth-order valence-corrected chi connectivity index (χ4v) is 1.41. The summed E-state index contributed by atoms with van der Waals surface area (Å²) in [6, 6.07) is -0.171. The van der Waals surface area contributed by atoms with E-state index in [2.05, 4.69) is 22.3 Å². The first-order chi connectivity index (χ1) is 6.27. The van der Waals surface area contributed by atoms with Crippen LogP contribution < -0.4 is 5.73 Å². The lowest BCUT2D eigenvalue weighted by Gasteiger charge is -2.01. The smallest absolute Gasteiger partial charge is 0.232 e. The molecule has 0 saturated heterocycles. The van der Waals surface area contributed by atoms with Crippen LogP contribution in [-0.4, -0.2) is 10.2 Å². The number of rotatable bonds is 2. The van der Waals surface area contributed by atoms with Crippen molar-refractivity contribution in [2.45, 2.75) is 31.7 Å². The van der Waals surface area contributed by atoms with Gasteiger partial charge in [-0.2, -0.15) is 0 Å². The molecule has 2 N–H and O–H groups in total. The van der Waals surface area contributed by atoms with Crippen LogP contribution in [0.15, 0.2) is 16.6 Å². The van der Waals surface area contributed by atoms with E-state index in [9.17, 15) is 0 Å². The summed E-state index contributed by atoms with van der Waals surface area (Å²) in [6.07, 6.45) is 6.28. The van der Waals surface area contributed by atoms with Crippen molar-refractivity contribution in [2.24, 2.45) is 5.73 Å². The number of hydrogen-bond donors (Lipinski definition) is 1. The van der Waals surface area contributed by atoms with Crippen molar-refractivity contribution in [2.75, 3.05) is 0 Å². The molecule has 1 aliphatic rings. The quantitative estimate of drug-likeness (QED) is 0.699. The monoisotopic (exact) mass is 179 g/mol. The minimum atomic E-state index is -0.171. The topological polar surface area (TPSA) is 64.9 Å². The van der Waals surface area contributed by atoms with E-state index >= 15 is 0 Å². The lowest BCUT2D eigenvalue weighted by Crippen LogP contribution is -2.04. The van der Waals surface area contributed by atoms with Crippen LogP contribution in [0.2, 0.25) is 0 Å². The Kier molecular flexibility index (Phi) is 2.14. The molecule has 4 heteroatoms. The summed E-state index contributed by atoms with van der Waals surface area (Å²) >= 11 is 0. The summed E-state index contributed by atoms with van der Waals surface area (Å²) in [6.45, 7) is 1.84. The molecular formula is C9H13N3O. The minimum absolute atomic E-state index is 0.171. The molecular weight excluding hydrogens is 166 g/mol. The summed E-state index contributed by atoms with van der Waals surface area (Å²) in [5.41, 5.74) is 5.61. The van der Waals surface area contributed by atoms with Crippen LogP contribution in [0.4, 0.5) is 0 Å². The summed E-state index contributed by atoms with van der Waals surface area (Å²) < 4.78 is 5.44. The molecule has 0 radical (unpaired) electrons. The molecule has 4 nitrogen and oxygen atoms in total. The summed E-state index contributed by atoms with van der Waals surface area (Å²) in [5, 5.41) is 7.87. The van der Waals surface area contributed by atoms with Crippen molar-refractivity contribution in [1.29, 1.82) is 0 Å². The molecule has 1 aliphatic carbocycles. The third-order valence-electron chi connectivity index (χ3n) is 2.20. The fourth-order valence-electron chi connectivity index (χ4n) is 1.41. The van der Waals surface area contributed by atoms with Gasteiger partial charge < -0.3 is 10.2 Å². The van der Waals surface area contributed by atoms with E-state index in [0.29, 0.717) is 11.8 Å². The first-order valence-corrected chi connectivity index (χ1v) is 4.51. The number of hydrogen-bond acceptors (Lipinski definition) is 4. The van der Waals surface area contributed by atoms with Crippen molar-refractivity contribution < 1.29 is 4.42 Å². The predicted molar refractivity (Wildman–Crippen MR) is 48.0 cm³/mol. The lowest BCUT2D eigenvalue weighted by atomic mass is 10.1. The van der Waals surface area contributed by atoms with Crippen molar-refractivity contribution in [3.63, 3.8) is 0 Å². The summed E-state index contributed by atoms with van der Waals surface area (Å²) in [5.74, 6) is 1.62. The third-order valence-corrected chi connectivity index (χ3v) is 2.20. The number of allylic oxidation sites excluding steroid dienone is 2. The number of aromatic nitrogens is 2. The minimum Gasteiger partial charge on any atom is -0.423 e. The van der Waals surface area contributed by atoms with Gasteiger partial charge in [-0.25, -0.2) is 0 Å². The van der Waals surface area contributed by atoms with Gasteiger partial charge in [0, 0.05) is 5.92 Å². The Bertz CT molecular complexity index is 308. The molecule has 0 bridgehead atoms. The van der Waals surface area contributed by atoms with E-state index in [1.54, 1.807) is 0 Å². The molecule has 13 heavy (non-hydrogen) atoms. The van der Waals surface area contributed by atoms with Crippen molar-refractivity contribution in [3.05, 3.63) is 23.9 Å². The van der Waals surface area contributed by atoms with Crippen molar-refractivity contribution in [3.8, 4) is 0 Å². The average Bonchev–Trinajstić information content (AvgIpc) is 2.75. The molecule has 0 spiro atoms. The van der Waals surface area contributed by atoms with Gasteiger partial charge in [0.15, 0.2) is 0 Å². The maximum Gasteiger partial charge on any atom is 0.232 e. The zero-order valence-corrected chi connectivity index (χ0v) is 7.60. The van der Waals surface area contributed by atoms with E-state index < -0.39 is 0 Å². The average molecular weight is 179 g/mol. The first-order valence-electron chi connectivity index (χ1n) is 4.51. The highest BCUT2D eigenvalue weighted by Crippen LogP contribution is 2.28. The SMILES string of the molecule is C[C@H](N)c1nnc(C2CC=CC2)o1. The first kappa shape index (κ1) is 8.44. The Labute approximate surface area is 76.8 Å². The van der Waals surface area contributed by atoms with Crippen LogP contribution in [-0.2, 0) is 0 Å². The van der Waals surface area contributed by atoms with Gasteiger partial charge in [-0.1, -0.05) is 12.2 Å². The molecule has 1 atom stereocenters. The highest BCUT2D eigenvalue weighted by atomic mass is 16.4. The van der Waals surface area contributed by atoms with Gasteiger partial charge in [-0.3, -0.25) is 0 Å². The van der Waals surface area contributed by atoms with Gasteiger partial charge in [0.25, 0.3) is 0 Å². The van der Waals surface area contributed by atoms with E-state index in [1.165, 1.54) is 0 Å². The molecule has 2 rings (SSSR count). The molecule has 0 aliphatic heterocycles. The van der Waals surface area contributed by atoms with Gasteiger partial charge in [0.05, 0.1) is 6.04 Å². The molecule has 0 amide bonds. The Morgan fingerprint density at radius 2 is 2.15 bits per heavy atom. The lowest BCUT2D eigenvalue weighted by molar-refractivity contribution is 0.403. The Morgan fingerprint density at radius 3 is 2.69 bits per heavy atom. The van der Waals surface area contributed by atoms with Gasteiger partial charge >= 0.3 is 0 Å². The third kappa shape index (κ3) is 1.62. The number of nitrogens with zero attached hydrogens (tertiary/aromatic N) is 2. The van der Waals surface area contributed by atoms with Crippen LogP contribution in [0.5, 0.6) is 0 Å². The Morgan fingerprint density at radius 1 is 1.46 bits per heavy atom. The molecule has 0 aromatic carbocycles. The number of nitrogens with two attached hydrogens (primary N) is 1. The molecule has 70 valence electrons. The van der Waals surface area contributed by atoms with Crippen LogP contribution in [0.3, 0.4) is 0 Å². The molecule has 0 fully saturated rings. The van der Waals surface area contributed by atoms with Crippen LogP contribution in [0.1, 0.15) is 43.5 Å². The highest BCUT2D eigenvalue weighted by Gasteiger charge is 2.20. The standard InChI is InChI=1S/C9H13N3O/c1-6(10)8-11-12-9(13-8)7-4-2-3-5-7/h2-3,6-7H,4-5,10H2,1H3/t6-/m0/s1. The Balaban J connectivity index is 2.13. The normalized spacial score (nSPS) is 19.5. The summed E-state index contributed by atoms with van der Waals surface area (Å²) in [4.78, 5) is 0. The zero-order chi connectivity index (χ0) is 9.26. The van der Waals surface area contributed by atoms with E-state index in [4.69, 9.17) is 10.2 Å². The maximum atomic E-state index is 5.61. The van der Waals surface area contributed by atoms with Crippen LogP contribution >= 0.6 is 0 Å². The molecule has 0 unspecified atom stereocenters. The molecule has 1 heterocycles. The van der Waals surface area contributed by atoms with E-state index in [0.717, 1.165) is 18.7 Å². The van der Waals surface area contributed by atoms with Crippen LogP contribution in [0, 0.1) is 0 Å². The van der Waals surface area contributed by atoms with E-state index in [-0.39, 0.29) is 6.04 Å². The van der Waals surface area contributed by atoms with Crippen molar-refractivity contribution in [1.82, 2.24) is 10.2 Å². The van der Waals surface area contributed by atoms with Gasteiger partial charge in [0.1, 0.15) is 0 Å². The second-order valence-electron chi connectivity index (χ2n) is 3.41. The van der Waals surface area contributed by atoms with Gasteiger partial charge in [-0.15, -0.1) is 10.2 Å². The second-order valence-corrected chi connectivity index (χ2v) is 3.41. The second kappa shape index (κ2) is 3.30. The van der Waals surface area contributed by atoms with Crippen molar-refractivity contribution >= 4 is 0 Å². The highest BCUT2D eigenvalue weighted by molar-refractivity contribution is 5.06. The Hall–Kier alpha value is -1.16. The summed E-state index contributed by atoms with van der Waals surface area (Å²) in [7, 11) is 0. The largest absolute Gasteiger partial charge is 0.423 e. The fraction of sp³-hybridized carbons (Fsp3) is 0.556. The predicted octanol–water partition coefficient (Wildman–Crippen LogP) is 1.52. The zero-order valence-electron chi connectivity index (χ0n) is 7.60. The van der Waals surface area contributed by atoms with Gasteiger partial charge in [0.2, 0.25) is 11.8 Å². The molecule has 1 aromatic rings. The molecule has 1 aromatic heterocycles. The maximum absolute atomic E-state index is 5.61. The van der Waals surface area contributed by atoms with E-state index in [1.807, 2.05) is 6.92 Å². The molecule has 0 saturated carbocycles. The van der Waals surface area contributed by atoms with Crippen LogP contribution in [0.25, 0.3) is 0 Å². The van der Waals surface area contributed by atoms with Gasteiger partial charge in [-0.05, 0) is 19.8 Å².